The highest BCUT2D eigenvalue weighted by atomic mass is 19.1. The van der Waals surface area contributed by atoms with Crippen LogP contribution in [0.3, 0.4) is 0 Å². The minimum absolute atomic E-state index is 0.0393. The second-order valence-electron chi connectivity index (χ2n) is 3.90. The van der Waals surface area contributed by atoms with Gasteiger partial charge in [0.2, 0.25) is 0 Å². The quantitative estimate of drug-likeness (QED) is 0.717. The minimum Gasteiger partial charge on any atom is -0.399 e. The first kappa shape index (κ1) is 10.9. The number of rotatable bonds is 2. The van der Waals surface area contributed by atoms with Crippen LogP contribution in [0.15, 0.2) is 12.1 Å². The SMILES string of the molecule is CC(C)(CO)c1c(F)cc(N)cc1F. The van der Waals surface area contributed by atoms with E-state index in [4.69, 9.17) is 10.8 Å². The second-order valence-corrected chi connectivity index (χ2v) is 3.90. The first-order valence-electron chi connectivity index (χ1n) is 4.24. The highest BCUT2D eigenvalue weighted by Gasteiger charge is 2.27. The van der Waals surface area contributed by atoms with E-state index in [1.54, 1.807) is 13.8 Å². The molecule has 0 radical (unpaired) electrons. The van der Waals surface area contributed by atoms with Crippen molar-refractivity contribution in [3.8, 4) is 0 Å². The summed E-state index contributed by atoms with van der Waals surface area (Å²) >= 11 is 0. The molecule has 3 N–H and O–H groups in total. The molecule has 0 saturated carbocycles. The van der Waals surface area contributed by atoms with Crippen LogP contribution in [-0.4, -0.2) is 11.7 Å². The summed E-state index contributed by atoms with van der Waals surface area (Å²) in [5, 5.41) is 9.00. The van der Waals surface area contributed by atoms with E-state index in [9.17, 15) is 8.78 Å². The van der Waals surface area contributed by atoms with Crippen molar-refractivity contribution in [3.63, 3.8) is 0 Å². The Balaban J connectivity index is 3.35. The first-order chi connectivity index (χ1) is 6.38. The molecule has 0 fully saturated rings. The van der Waals surface area contributed by atoms with Gasteiger partial charge in [-0.1, -0.05) is 13.8 Å². The molecule has 0 aromatic heterocycles. The summed E-state index contributed by atoms with van der Waals surface area (Å²) in [7, 11) is 0. The lowest BCUT2D eigenvalue weighted by Crippen LogP contribution is -2.25. The number of aliphatic hydroxyl groups is 1. The molecule has 0 spiro atoms. The van der Waals surface area contributed by atoms with E-state index in [1.807, 2.05) is 0 Å². The number of aliphatic hydroxyl groups excluding tert-OH is 1. The number of anilines is 1. The van der Waals surface area contributed by atoms with E-state index < -0.39 is 17.0 Å². The molecule has 78 valence electrons. The Morgan fingerprint density at radius 1 is 1.29 bits per heavy atom. The zero-order valence-corrected chi connectivity index (χ0v) is 8.14. The van der Waals surface area contributed by atoms with E-state index >= 15 is 0 Å². The Morgan fingerprint density at radius 3 is 2.07 bits per heavy atom. The number of nitrogens with two attached hydrogens (primary N) is 1. The molecule has 0 aliphatic rings. The first-order valence-corrected chi connectivity index (χ1v) is 4.24. The lowest BCUT2D eigenvalue weighted by molar-refractivity contribution is 0.211. The third kappa shape index (κ3) is 1.85. The van der Waals surface area contributed by atoms with Crippen LogP contribution in [0.25, 0.3) is 0 Å². The molecule has 0 aliphatic heterocycles. The van der Waals surface area contributed by atoms with E-state index in [0.29, 0.717) is 0 Å². The van der Waals surface area contributed by atoms with Gasteiger partial charge >= 0.3 is 0 Å². The van der Waals surface area contributed by atoms with E-state index in [-0.39, 0.29) is 17.9 Å². The third-order valence-corrected chi connectivity index (χ3v) is 2.14. The van der Waals surface area contributed by atoms with Crippen LogP contribution < -0.4 is 5.73 Å². The normalized spacial score (nSPS) is 11.8. The molecule has 0 aliphatic carbocycles. The zero-order chi connectivity index (χ0) is 10.9. The maximum Gasteiger partial charge on any atom is 0.132 e. The summed E-state index contributed by atoms with van der Waals surface area (Å²) in [6, 6.07) is 2.10. The summed E-state index contributed by atoms with van der Waals surface area (Å²) in [6.07, 6.45) is 0. The highest BCUT2D eigenvalue weighted by Crippen LogP contribution is 2.29. The number of hydrogen-bond donors (Lipinski definition) is 2. The Morgan fingerprint density at radius 2 is 1.71 bits per heavy atom. The van der Waals surface area contributed by atoms with Crippen LogP contribution in [0, 0.1) is 11.6 Å². The summed E-state index contributed by atoms with van der Waals surface area (Å²) in [6.45, 7) is 2.79. The predicted molar refractivity (Wildman–Crippen MR) is 50.9 cm³/mol. The number of nitrogen functional groups attached to an aromatic ring is 1. The minimum atomic E-state index is -0.943. The lowest BCUT2D eigenvalue weighted by Gasteiger charge is -2.23. The van der Waals surface area contributed by atoms with Crippen molar-refractivity contribution in [1.29, 1.82) is 0 Å². The van der Waals surface area contributed by atoms with Crippen molar-refractivity contribution in [2.75, 3.05) is 12.3 Å². The second kappa shape index (κ2) is 3.53. The molecule has 1 rings (SSSR count). The van der Waals surface area contributed by atoms with Crippen LogP contribution >= 0.6 is 0 Å². The Kier molecular flexibility index (Phi) is 2.76. The van der Waals surface area contributed by atoms with Gasteiger partial charge in [-0.25, -0.2) is 8.78 Å². The van der Waals surface area contributed by atoms with Crippen LogP contribution in [0.5, 0.6) is 0 Å². The van der Waals surface area contributed by atoms with Crippen LogP contribution in [0.1, 0.15) is 19.4 Å². The number of halogens is 2. The molecular formula is C10H13F2NO. The van der Waals surface area contributed by atoms with Crippen molar-refractivity contribution in [1.82, 2.24) is 0 Å². The third-order valence-electron chi connectivity index (χ3n) is 2.14. The monoisotopic (exact) mass is 201 g/mol. The lowest BCUT2D eigenvalue weighted by atomic mass is 9.84. The Bertz CT molecular complexity index is 327. The molecular weight excluding hydrogens is 188 g/mol. The van der Waals surface area contributed by atoms with Gasteiger partial charge in [-0.15, -0.1) is 0 Å². The maximum absolute atomic E-state index is 13.4. The number of benzene rings is 1. The summed E-state index contributed by atoms with van der Waals surface area (Å²) in [5.41, 5.74) is 4.24. The van der Waals surface area contributed by atoms with Gasteiger partial charge in [-0.3, -0.25) is 0 Å². The smallest absolute Gasteiger partial charge is 0.132 e. The summed E-state index contributed by atoms with van der Waals surface area (Å²) in [4.78, 5) is 0. The molecule has 0 bridgehead atoms. The van der Waals surface area contributed by atoms with Gasteiger partial charge in [-0.2, -0.15) is 0 Å². The summed E-state index contributed by atoms with van der Waals surface area (Å²) < 4.78 is 26.7. The fourth-order valence-electron chi connectivity index (χ4n) is 1.32. The molecule has 0 amide bonds. The molecule has 0 heterocycles. The fraction of sp³-hybridized carbons (Fsp3) is 0.400. The van der Waals surface area contributed by atoms with Crippen molar-refractivity contribution in [2.24, 2.45) is 0 Å². The molecule has 14 heavy (non-hydrogen) atoms. The molecule has 1 aromatic carbocycles. The molecule has 0 atom stereocenters. The van der Waals surface area contributed by atoms with Gasteiger partial charge in [0.15, 0.2) is 0 Å². The van der Waals surface area contributed by atoms with Gasteiger partial charge in [0.05, 0.1) is 6.61 Å². The van der Waals surface area contributed by atoms with E-state index in [2.05, 4.69) is 0 Å². The topological polar surface area (TPSA) is 46.2 Å². The average Bonchev–Trinajstić information content (AvgIpc) is 2.01. The van der Waals surface area contributed by atoms with Crippen LogP contribution in [0.4, 0.5) is 14.5 Å². The van der Waals surface area contributed by atoms with Crippen molar-refractivity contribution >= 4 is 5.69 Å². The van der Waals surface area contributed by atoms with Gasteiger partial charge in [-0.05, 0) is 12.1 Å². The zero-order valence-electron chi connectivity index (χ0n) is 8.14. The Labute approximate surface area is 81.4 Å². The molecule has 1 aromatic rings. The number of hydrogen-bond acceptors (Lipinski definition) is 2. The molecule has 0 unspecified atom stereocenters. The van der Waals surface area contributed by atoms with Crippen molar-refractivity contribution in [3.05, 3.63) is 29.3 Å². The van der Waals surface area contributed by atoms with Gasteiger partial charge < -0.3 is 10.8 Å². The van der Waals surface area contributed by atoms with Gasteiger partial charge in [0, 0.05) is 16.7 Å². The van der Waals surface area contributed by atoms with Gasteiger partial charge in [0.25, 0.3) is 0 Å². The maximum atomic E-state index is 13.4. The average molecular weight is 201 g/mol. The predicted octanol–water partition coefficient (Wildman–Crippen LogP) is 1.82. The van der Waals surface area contributed by atoms with E-state index in [1.165, 1.54) is 0 Å². The molecule has 0 saturated heterocycles. The van der Waals surface area contributed by atoms with Crippen LogP contribution in [0.2, 0.25) is 0 Å². The van der Waals surface area contributed by atoms with Crippen molar-refractivity contribution < 1.29 is 13.9 Å². The standard InChI is InChI=1S/C10H13F2NO/c1-10(2,5-14)9-7(11)3-6(13)4-8(9)12/h3-4,14H,5,13H2,1-2H3. The highest BCUT2D eigenvalue weighted by molar-refractivity contribution is 5.43. The Hall–Kier alpha value is -1.16. The van der Waals surface area contributed by atoms with Crippen molar-refractivity contribution in [2.45, 2.75) is 19.3 Å². The largest absolute Gasteiger partial charge is 0.399 e. The van der Waals surface area contributed by atoms with Crippen LogP contribution in [-0.2, 0) is 5.41 Å². The summed E-state index contributed by atoms with van der Waals surface area (Å²) in [5.74, 6) is -1.44. The van der Waals surface area contributed by atoms with Gasteiger partial charge in [0.1, 0.15) is 11.6 Å². The van der Waals surface area contributed by atoms with E-state index in [0.717, 1.165) is 12.1 Å². The fourth-order valence-corrected chi connectivity index (χ4v) is 1.32. The molecule has 4 heteroatoms. The molecule has 2 nitrogen and oxygen atoms in total.